The monoisotopic (exact) mass is 264 g/mol. The van der Waals surface area contributed by atoms with Crippen molar-refractivity contribution in [2.75, 3.05) is 6.61 Å². The van der Waals surface area contributed by atoms with Gasteiger partial charge >= 0.3 is 5.97 Å². The topological polar surface area (TPSA) is 26.3 Å². The molecule has 108 valence electrons. The third-order valence-electron chi connectivity index (χ3n) is 5.59. The van der Waals surface area contributed by atoms with Gasteiger partial charge in [-0.2, -0.15) is 0 Å². The Morgan fingerprint density at radius 1 is 1.37 bits per heavy atom. The predicted molar refractivity (Wildman–Crippen MR) is 77.7 cm³/mol. The van der Waals surface area contributed by atoms with Crippen molar-refractivity contribution in [3.8, 4) is 0 Å². The van der Waals surface area contributed by atoms with Gasteiger partial charge in [-0.25, -0.2) is 0 Å². The lowest BCUT2D eigenvalue weighted by atomic mass is 9.49. The van der Waals surface area contributed by atoms with Gasteiger partial charge in [0.15, 0.2) is 0 Å². The number of hydrogen-bond donors (Lipinski definition) is 0. The van der Waals surface area contributed by atoms with Gasteiger partial charge in [0.25, 0.3) is 0 Å². The summed E-state index contributed by atoms with van der Waals surface area (Å²) in [4.78, 5) is 12.4. The van der Waals surface area contributed by atoms with Crippen LogP contribution in [0.2, 0.25) is 0 Å². The molecule has 0 N–H and O–H groups in total. The molecule has 0 unspecified atom stereocenters. The molecule has 2 aliphatic carbocycles. The molecular weight excluding hydrogens is 236 g/mol. The quantitative estimate of drug-likeness (QED) is 0.547. The van der Waals surface area contributed by atoms with Gasteiger partial charge in [-0.15, -0.1) is 0 Å². The van der Waals surface area contributed by atoms with Crippen LogP contribution in [0.3, 0.4) is 0 Å². The number of fused-ring (bicyclic) bond motifs is 1. The minimum Gasteiger partial charge on any atom is -0.466 e. The van der Waals surface area contributed by atoms with E-state index in [1.807, 2.05) is 6.92 Å². The molecule has 2 aliphatic rings. The molecule has 0 aromatic carbocycles. The average molecular weight is 264 g/mol. The van der Waals surface area contributed by atoms with Crippen LogP contribution in [0, 0.1) is 22.7 Å². The number of carbonyl (C=O) groups excluding carboxylic acids is 1. The van der Waals surface area contributed by atoms with Crippen LogP contribution in [-0.2, 0) is 9.53 Å². The summed E-state index contributed by atoms with van der Waals surface area (Å²) in [6.07, 6.45) is 7.04. The first kappa shape index (κ1) is 14.6. The van der Waals surface area contributed by atoms with Gasteiger partial charge in [0, 0.05) is 0 Å². The number of hydrogen-bond acceptors (Lipinski definition) is 2. The number of allylic oxidation sites excluding steroid dienone is 1. The third kappa shape index (κ3) is 2.34. The van der Waals surface area contributed by atoms with Crippen LogP contribution < -0.4 is 0 Å². The maximum atomic E-state index is 12.4. The first-order valence-corrected chi connectivity index (χ1v) is 7.66. The lowest BCUT2D eigenvalue weighted by molar-refractivity contribution is -0.157. The van der Waals surface area contributed by atoms with Gasteiger partial charge in [0.1, 0.15) is 0 Å². The van der Waals surface area contributed by atoms with Crippen LogP contribution in [0.15, 0.2) is 11.6 Å². The highest BCUT2D eigenvalue weighted by molar-refractivity contribution is 5.77. The number of carbonyl (C=O) groups is 1. The fraction of sp³-hybridized carbons (Fsp3) is 0.824. The van der Waals surface area contributed by atoms with E-state index in [1.165, 1.54) is 18.4 Å². The van der Waals surface area contributed by atoms with Crippen molar-refractivity contribution in [1.82, 2.24) is 0 Å². The molecule has 1 saturated carbocycles. The van der Waals surface area contributed by atoms with E-state index in [4.69, 9.17) is 4.74 Å². The molecule has 1 fully saturated rings. The molecule has 0 radical (unpaired) electrons. The molecule has 2 rings (SSSR count). The summed E-state index contributed by atoms with van der Waals surface area (Å²) >= 11 is 0. The summed E-state index contributed by atoms with van der Waals surface area (Å²) in [5, 5.41) is 0. The maximum absolute atomic E-state index is 12.4. The van der Waals surface area contributed by atoms with Crippen molar-refractivity contribution in [1.29, 1.82) is 0 Å². The van der Waals surface area contributed by atoms with E-state index in [1.54, 1.807) is 0 Å². The fourth-order valence-corrected chi connectivity index (χ4v) is 4.72. The van der Waals surface area contributed by atoms with Crippen LogP contribution in [0.25, 0.3) is 0 Å². The second-order valence-corrected chi connectivity index (χ2v) is 7.27. The zero-order chi connectivity index (χ0) is 14.3. The summed E-state index contributed by atoms with van der Waals surface area (Å²) in [5.41, 5.74) is 1.62. The molecule has 0 saturated heterocycles. The molecule has 0 spiro atoms. The summed E-state index contributed by atoms with van der Waals surface area (Å²) in [7, 11) is 0. The van der Waals surface area contributed by atoms with Crippen molar-refractivity contribution >= 4 is 5.97 Å². The molecule has 0 bridgehead atoms. The van der Waals surface area contributed by atoms with Gasteiger partial charge in [-0.1, -0.05) is 38.8 Å². The van der Waals surface area contributed by atoms with Crippen molar-refractivity contribution in [2.24, 2.45) is 22.7 Å². The van der Waals surface area contributed by atoms with Crippen LogP contribution in [-0.4, -0.2) is 12.6 Å². The fourth-order valence-electron chi connectivity index (χ4n) is 4.72. The molecule has 2 heteroatoms. The second-order valence-electron chi connectivity index (χ2n) is 7.27. The van der Waals surface area contributed by atoms with E-state index in [2.05, 4.69) is 33.8 Å². The standard InChI is InChI=1S/C17H28O2/c1-6-19-15(18)14-12(2)8-9-13-16(3,4)10-7-11-17(13,14)5/h8,13-14H,6-7,9-11H2,1-5H3/t13-,14+,17-/m0/s1. The lowest BCUT2D eigenvalue weighted by Gasteiger charge is -2.55. The van der Waals surface area contributed by atoms with E-state index in [-0.39, 0.29) is 17.3 Å². The molecule has 19 heavy (non-hydrogen) atoms. The van der Waals surface area contributed by atoms with E-state index >= 15 is 0 Å². The largest absolute Gasteiger partial charge is 0.466 e. The first-order chi connectivity index (χ1) is 8.83. The Morgan fingerprint density at radius 3 is 2.68 bits per heavy atom. The van der Waals surface area contributed by atoms with Gasteiger partial charge in [0.05, 0.1) is 12.5 Å². The van der Waals surface area contributed by atoms with Gasteiger partial charge < -0.3 is 4.74 Å². The summed E-state index contributed by atoms with van der Waals surface area (Å²) in [6, 6.07) is 0. The van der Waals surface area contributed by atoms with Crippen molar-refractivity contribution in [2.45, 2.75) is 60.3 Å². The number of esters is 1. The molecular formula is C17H28O2. The molecule has 3 atom stereocenters. The second kappa shape index (κ2) is 4.96. The summed E-state index contributed by atoms with van der Waals surface area (Å²) < 4.78 is 5.35. The smallest absolute Gasteiger partial charge is 0.313 e. The highest BCUT2D eigenvalue weighted by Gasteiger charge is 2.54. The summed E-state index contributed by atoms with van der Waals surface area (Å²) in [5.74, 6) is 0.541. The Hall–Kier alpha value is -0.790. The molecule has 0 aliphatic heterocycles. The van der Waals surface area contributed by atoms with Crippen LogP contribution in [0.5, 0.6) is 0 Å². The minimum atomic E-state index is -0.0363. The van der Waals surface area contributed by atoms with Gasteiger partial charge in [0.2, 0.25) is 0 Å². The molecule has 0 aromatic heterocycles. The Balaban J connectivity index is 2.39. The zero-order valence-corrected chi connectivity index (χ0v) is 13.1. The Bertz CT molecular complexity index is 394. The van der Waals surface area contributed by atoms with E-state index < -0.39 is 0 Å². The molecule has 2 nitrogen and oxygen atoms in total. The van der Waals surface area contributed by atoms with Crippen LogP contribution in [0.1, 0.15) is 60.3 Å². The molecule has 0 amide bonds. The number of rotatable bonds is 2. The lowest BCUT2D eigenvalue weighted by Crippen LogP contribution is -2.51. The van der Waals surface area contributed by atoms with E-state index in [0.29, 0.717) is 17.9 Å². The highest BCUT2D eigenvalue weighted by Crippen LogP contribution is 2.59. The van der Waals surface area contributed by atoms with Gasteiger partial charge in [-0.3, -0.25) is 4.79 Å². The van der Waals surface area contributed by atoms with Gasteiger partial charge in [-0.05, 0) is 49.9 Å². The Kier molecular flexibility index (Phi) is 3.81. The molecule has 0 aromatic rings. The molecule has 0 heterocycles. The zero-order valence-electron chi connectivity index (χ0n) is 13.1. The Morgan fingerprint density at radius 2 is 2.05 bits per heavy atom. The highest BCUT2D eigenvalue weighted by atomic mass is 16.5. The van der Waals surface area contributed by atoms with E-state index in [0.717, 1.165) is 12.8 Å². The normalized spacial score (nSPS) is 37.2. The predicted octanol–water partition coefficient (Wildman–Crippen LogP) is 4.35. The van der Waals surface area contributed by atoms with Crippen LogP contribution >= 0.6 is 0 Å². The average Bonchev–Trinajstić information content (AvgIpc) is 2.27. The summed E-state index contributed by atoms with van der Waals surface area (Å²) in [6.45, 7) is 11.5. The van der Waals surface area contributed by atoms with E-state index in [9.17, 15) is 4.79 Å². The van der Waals surface area contributed by atoms with Crippen molar-refractivity contribution < 1.29 is 9.53 Å². The maximum Gasteiger partial charge on any atom is 0.313 e. The number of ether oxygens (including phenoxy) is 1. The SMILES string of the molecule is CCOC(=O)[C@H]1C(C)=CC[C@H]2C(C)(C)CCC[C@]12C. The van der Waals surface area contributed by atoms with Crippen LogP contribution in [0.4, 0.5) is 0 Å². The Labute approximate surface area is 117 Å². The van der Waals surface area contributed by atoms with Crippen molar-refractivity contribution in [3.63, 3.8) is 0 Å². The first-order valence-electron chi connectivity index (χ1n) is 7.66. The third-order valence-corrected chi connectivity index (χ3v) is 5.59. The van der Waals surface area contributed by atoms with Crippen molar-refractivity contribution in [3.05, 3.63) is 11.6 Å². The minimum absolute atomic E-state index is 0.0128.